The number of halogens is 7. The number of hydrogen-bond donors (Lipinski definition) is 2. The van der Waals surface area contributed by atoms with Gasteiger partial charge in [0, 0.05) is 6.07 Å². The SMILES string of the molecule is NC(=O)CC(=O)Nc1ccc(OCc2cc(C(F)(F)F)cc(C(F)(F)F)c2)cc1F. The van der Waals surface area contributed by atoms with Crippen molar-refractivity contribution in [1.29, 1.82) is 0 Å². The fourth-order valence-corrected chi connectivity index (χ4v) is 2.31. The molecule has 5 nitrogen and oxygen atoms in total. The molecule has 0 saturated carbocycles. The van der Waals surface area contributed by atoms with Gasteiger partial charge in [-0.05, 0) is 35.9 Å². The van der Waals surface area contributed by atoms with Crippen molar-refractivity contribution >= 4 is 17.5 Å². The van der Waals surface area contributed by atoms with Crippen LogP contribution >= 0.6 is 0 Å². The Morgan fingerprint density at radius 1 is 0.933 bits per heavy atom. The molecule has 2 aromatic carbocycles. The number of alkyl halides is 6. The molecule has 12 heteroatoms. The van der Waals surface area contributed by atoms with Gasteiger partial charge in [-0.25, -0.2) is 4.39 Å². The fourth-order valence-electron chi connectivity index (χ4n) is 2.31. The fraction of sp³-hybridized carbons (Fsp3) is 0.222. The van der Waals surface area contributed by atoms with Crippen LogP contribution in [0.15, 0.2) is 36.4 Å². The zero-order valence-electron chi connectivity index (χ0n) is 14.8. The van der Waals surface area contributed by atoms with Gasteiger partial charge in [-0.15, -0.1) is 0 Å². The van der Waals surface area contributed by atoms with Crippen molar-refractivity contribution < 1.29 is 45.1 Å². The minimum absolute atomic E-state index is 0.0211. The van der Waals surface area contributed by atoms with Crippen molar-refractivity contribution in [3.05, 3.63) is 58.9 Å². The maximum absolute atomic E-state index is 14.0. The Bertz CT molecular complexity index is 924. The molecule has 0 saturated heterocycles. The summed E-state index contributed by atoms with van der Waals surface area (Å²) in [6.45, 7) is -0.709. The van der Waals surface area contributed by atoms with Gasteiger partial charge in [0.15, 0.2) is 0 Å². The summed E-state index contributed by atoms with van der Waals surface area (Å²) in [4.78, 5) is 22.0. The minimum Gasteiger partial charge on any atom is -0.489 e. The lowest BCUT2D eigenvalue weighted by Crippen LogP contribution is -2.21. The number of ether oxygens (including phenoxy) is 1. The van der Waals surface area contributed by atoms with Gasteiger partial charge in [-0.2, -0.15) is 26.3 Å². The second kappa shape index (κ2) is 8.59. The highest BCUT2D eigenvalue weighted by Crippen LogP contribution is 2.36. The Kier molecular flexibility index (Phi) is 6.58. The van der Waals surface area contributed by atoms with E-state index in [1.165, 1.54) is 0 Å². The molecule has 0 radical (unpaired) electrons. The first-order valence-corrected chi connectivity index (χ1v) is 8.04. The standard InChI is InChI=1S/C18H13F7N2O3/c19-13-6-12(1-2-14(13)27-16(29)7-15(26)28)30-8-9-3-10(17(20,21)22)5-11(4-9)18(23,24)25/h1-6H,7-8H2,(H2,26,28)(H,27,29). The average molecular weight is 438 g/mol. The molecule has 0 bridgehead atoms. The van der Waals surface area contributed by atoms with Gasteiger partial charge in [0.1, 0.15) is 24.6 Å². The monoisotopic (exact) mass is 438 g/mol. The van der Waals surface area contributed by atoms with Crippen LogP contribution < -0.4 is 15.8 Å². The third-order valence-electron chi connectivity index (χ3n) is 3.60. The van der Waals surface area contributed by atoms with Crippen LogP contribution in [0.2, 0.25) is 0 Å². The molecule has 0 fully saturated rings. The van der Waals surface area contributed by atoms with E-state index < -0.39 is 59.7 Å². The Labute approximate surface area is 164 Å². The zero-order chi connectivity index (χ0) is 22.7. The number of amides is 2. The first-order chi connectivity index (χ1) is 13.8. The molecule has 0 unspecified atom stereocenters. The number of primary amides is 1. The van der Waals surface area contributed by atoms with Crippen LogP contribution in [0.25, 0.3) is 0 Å². The van der Waals surface area contributed by atoms with Gasteiger partial charge in [0.25, 0.3) is 0 Å². The molecule has 30 heavy (non-hydrogen) atoms. The van der Waals surface area contributed by atoms with Crippen molar-refractivity contribution in [2.75, 3.05) is 5.32 Å². The predicted molar refractivity (Wildman–Crippen MR) is 89.6 cm³/mol. The van der Waals surface area contributed by atoms with Gasteiger partial charge < -0.3 is 15.8 Å². The third kappa shape index (κ3) is 6.36. The second-order valence-electron chi connectivity index (χ2n) is 6.04. The molecule has 162 valence electrons. The van der Waals surface area contributed by atoms with E-state index in [0.29, 0.717) is 12.1 Å². The first-order valence-electron chi connectivity index (χ1n) is 8.04. The first kappa shape index (κ1) is 23.0. The number of carbonyl (C=O) groups excluding carboxylic acids is 2. The summed E-state index contributed by atoms with van der Waals surface area (Å²) in [6.07, 6.45) is -10.7. The van der Waals surface area contributed by atoms with Gasteiger partial charge in [-0.3, -0.25) is 9.59 Å². The van der Waals surface area contributed by atoms with Crippen LogP contribution in [0.4, 0.5) is 36.4 Å². The van der Waals surface area contributed by atoms with Gasteiger partial charge in [0.2, 0.25) is 11.8 Å². The normalized spacial score (nSPS) is 11.8. The van der Waals surface area contributed by atoms with E-state index in [1.807, 2.05) is 0 Å². The van der Waals surface area contributed by atoms with Crippen molar-refractivity contribution in [1.82, 2.24) is 0 Å². The van der Waals surface area contributed by atoms with Crippen molar-refractivity contribution in [3.63, 3.8) is 0 Å². The van der Waals surface area contributed by atoms with Crippen molar-refractivity contribution in [3.8, 4) is 5.75 Å². The van der Waals surface area contributed by atoms with E-state index in [-0.39, 0.29) is 17.5 Å². The molecule has 2 aromatic rings. The second-order valence-corrected chi connectivity index (χ2v) is 6.04. The topological polar surface area (TPSA) is 81.4 Å². The summed E-state index contributed by atoms with van der Waals surface area (Å²) in [5.41, 5.74) is 1.05. The molecule has 0 atom stereocenters. The van der Waals surface area contributed by atoms with Gasteiger partial charge in [0.05, 0.1) is 16.8 Å². The van der Waals surface area contributed by atoms with E-state index in [9.17, 15) is 40.3 Å². The molecule has 0 aliphatic heterocycles. The number of carbonyl (C=O) groups is 2. The lowest BCUT2D eigenvalue weighted by atomic mass is 10.1. The molecule has 2 rings (SSSR count). The zero-order valence-corrected chi connectivity index (χ0v) is 14.8. The molecule has 0 aliphatic carbocycles. The molecule has 0 spiro atoms. The largest absolute Gasteiger partial charge is 0.489 e. The molecular formula is C18H13F7N2O3. The van der Waals surface area contributed by atoms with Crippen LogP contribution in [0.3, 0.4) is 0 Å². The van der Waals surface area contributed by atoms with E-state index in [1.54, 1.807) is 0 Å². The van der Waals surface area contributed by atoms with Crippen LogP contribution in [-0.4, -0.2) is 11.8 Å². The highest BCUT2D eigenvalue weighted by Gasteiger charge is 2.36. The Balaban J connectivity index is 2.18. The summed E-state index contributed by atoms with van der Waals surface area (Å²) in [5.74, 6) is -3.04. The van der Waals surface area contributed by atoms with Crippen molar-refractivity contribution in [2.45, 2.75) is 25.4 Å². The molecule has 3 N–H and O–H groups in total. The van der Waals surface area contributed by atoms with Crippen LogP contribution in [0.5, 0.6) is 5.75 Å². The van der Waals surface area contributed by atoms with E-state index in [2.05, 4.69) is 5.32 Å². The quantitative estimate of drug-likeness (QED) is 0.523. The minimum atomic E-state index is -5.01. The smallest absolute Gasteiger partial charge is 0.416 e. The highest BCUT2D eigenvalue weighted by molar-refractivity contribution is 6.03. The molecule has 0 aliphatic rings. The lowest BCUT2D eigenvalue weighted by molar-refractivity contribution is -0.143. The van der Waals surface area contributed by atoms with E-state index >= 15 is 0 Å². The molecule has 2 amide bonds. The van der Waals surface area contributed by atoms with Crippen LogP contribution in [0, 0.1) is 5.82 Å². The number of hydrogen-bond acceptors (Lipinski definition) is 3. The third-order valence-corrected chi connectivity index (χ3v) is 3.60. The van der Waals surface area contributed by atoms with Crippen LogP contribution in [0.1, 0.15) is 23.1 Å². The summed E-state index contributed by atoms with van der Waals surface area (Å²) in [6, 6.07) is 3.89. The molecular weight excluding hydrogens is 425 g/mol. The maximum atomic E-state index is 14.0. The summed E-state index contributed by atoms with van der Waals surface area (Å²) < 4.78 is 96.2. The Morgan fingerprint density at radius 3 is 1.97 bits per heavy atom. The average Bonchev–Trinajstić information content (AvgIpc) is 2.59. The summed E-state index contributed by atoms with van der Waals surface area (Å²) in [7, 11) is 0. The van der Waals surface area contributed by atoms with Gasteiger partial charge in [-0.1, -0.05) is 0 Å². The van der Waals surface area contributed by atoms with E-state index in [4.69, 9.17) is 10.5 Å². The number of rotatable bonds is 6. The van der Waals surface area contributed by atoms with Gasteiger partial charge >= 0.3 is 12.4 Å². The van der Waals surface area contributed by atoms with Crippen LogP contribution in [-0.2, 0) is 28.5 Å². The number of anilines is 1. The highest BCUT2D eigenvalue weighted by atomic mass is 19.4. The number of nitrogens with one attached hydrogen (secondary N) is 1. The lowest BCUT2D eigenvalue weighted by Gasteiger charge is -2.15. The maximum Gasteiger partial charge on any atom is 0.416 e. The summed E-state index contributed by atoms with van der Waals surface area (Å²) >= 11 is 0. The van der Waals surface area contributed by atoms with E-state index in [0.717, 1.165) is 18.2 Å². The predicted octanol–water partition coefficient (Wildman–Crippen LogP) is 4.26. The summed E-state index contributed by atoms with van der Waals surface area (Å²) in [5, 5.41) is 2.07. The number of benzene rings is 2. The molecule has 0 aromatic heterocycles. The Hall–Kier alpha value is -3.31. The Morgan fingerprint density at radius 2 is 1.50 bits per heavy atom. The number of nitrogens with two attached hydrogens (primary N) is 1. The molecule has 0 heterocycles. The van der Waals surface area contributed by atoms with Crippen molar-refractivity contribution in [2.24, 2.45) is 5.73 Å².